The van der Waals surface area contributed by atoms with E-state index in [1.165, 1.54) is 11.1 Å². The van der Waals surface area contributed by atoms with Gasteiger partial charge in [0.2, 0.25) is 0 Å². The predicted octanol–water partition coefficient (Wildman–Crippen LogP) is 5.28. The number of nitrogens with one attached hydrogen (secondary N) is 1. The summed E-state index contributed by atoms with van der Waals surface area (Å²) in [5.41, 5.74) is 5.91. The number of aromatic nitrogens is 3. The Kier molecular flexibility index (Phi) is 5.61. The van der Waals surface area contributed by atoms with E-state index >= 15 is 0 Å². The lowest BCUT2D eigenvalue weighted by molar-refractivity contribution is 0.738. The van der Waals surface area contributed by atoms with Crippen molar-refractivity contribution in [1.82, 2.24) is 15.0 Å². The highest BCUT2D eigenvalue weighted by atomic mass is 15.1. The largest absolute Gasteiger partial charge is 0.363 e. The molecule has 26 heavy (non-hydrogen) atoms. The zero-order valence-electron chi connectivity index (χ0n) is 16.0. The number of rotatable bonds is 6. The van der Waals surface area contributed by atoms with Crippen LogP contribution in [-0.4, -0.2) is 15.0 Å². The van der Waals surface area contributed by atoms with Crippen LogP contribution in [0.1, 0.15) is 48.6 Å². The van der Waals surface area contributed by atoms with Gasteiger partial charge in [-0.25, -0.2) is 9.97 Å². The van der Waals surface area contributed by atoms with Crippen LogP contribution in [0.25, 0.3) is 11.4 Å². The summed E-state index contributed by atoms with van der Waals surface area (Å²) in [6, 6.07) is 10.7. The maximum atomic E-state index is 4.82. The van der Waals surface area contributed by atoms with Crippen molar-refractivity contribution in [1.29, 1.82) is 0 Å². The number of benzene rings is 1. The van der Waals surface area contributed by atoms with Crippen LogP contribution in [-0.2, 0) is 6.42 Å². The molecular weight excluding hydrogens is 320 g/mol. The molecule has 0 saturated heterocycles. The number of anilines is 1. The Morgan fingerprint density at radius 3 is 2.58 bits per heavy atom. The highest BCUT2D eigenvalue weighted by Crippen LogP contribution is 2.26. The Morgan fingerprint density at radius 1 is 1.04 bits per heavy atom. The number of nitrogens with zero attached hydrogens (tertiary/aromatic N) is 3. The van der Waals surface area contributed by atoms with E-state index in [0.717, 1.165) is 41.2 Å². The summed E-state index contributed by atoms with van der Waals surface area (Å²) in [5, 5.41) is 3.57. The molecule has 2 aromatic heterocycles. The molecule has 1 N–H and O–H groups in total. The Labute approximate surface area is 155 Å². The topological polar surface area (TPSA) is 50.7 Å². The second-order valence-corrected chi connectivity index (χ2v) is 6.61. The molecule has 0 fully saturated rings. The molecule has 1 atom stereocenters. The van der Waals surface area contributed by atoms with E-state index in [4.69, 9.17) is 4.98 Å². The summed E-state index contributed by atoms with van der Waals surface area (Å²) in [6.07, 6.45) is 7.57. The third-order valence-corrected chi connectivity index (χ3v) is 4.77. The Hall–Kier alpha value is -2.75. The summed E-state index contributed by atoms with van der Waals surface area (Å²) >= 11 is 0. The van der Waals surface area contributed by atoms with Crippen molar-refractivity contribution in [2.75, 3.05) is 5.32 Å². The Balaban J connectivity index is 1.93. The van der Waals surface area contributed by atoms with Gasteiger partial charge in [-0.3, -0.25) is 4.98 Å². The van der Waals surface area contributed by atoms with E-state index in [0.29, 0.717) is 0 Å². The van der Waals surface area contributed by atoms with E-state index in [1.54, 1.807) is 6.20 Å². The average molecular weight is 346 g/mol. The highest BCUT2D eigenvalue weighted by Gasteiger charge is 2.13. The maximum Gasteiger partial charge on any atom is 0.161 e. The van der Waals surface area contributed by atoms with Crippen LogP contribution in [0.4, 0.5) is 5.82 Å². The molecule has 0 saturated carbocycles. The van der Waals surface area contributed by atoms with E-state index in [-0.39, 0.29) is 6.04 Å². The van der Waals surface area contributed by atoms with Crippen LogP contribution in [0.5, 0.6) is 0 Å². The molecule has 0 aliphatic heterocycles. The quantitative estimate of drug-likeness (QED) is 0.659. The van der Waals surface area contributed by atoms with Crippen molar-refractivity contribution >= 4 is 5.82 Å². The first kappa shape index (κ1) is 18.1. The fourth-order valence-electron chi connectivity index (χ4n) is 3.09. The fourth-order valence-corrected chi connectivity index (χ4v) is 3.09. The summed E-state index contributed by atoms with van der Waals surface area (Å²) in [7, 11) is 0. The van der Waals surface area contributed by atoms with Gasteiger partial charge in [0.05, 0.1) is 6.04 Å². The van der Waals surface area contributed by atoms with E-state index in [9.17, 15) is 0 Å². The van der Waals surface area contributed by atoms with Gasteiger partial charge in [-0.1, -0.05) is 32.0 Å². The molecule has 3 aromatic rings. The molecule has 1 aromatic carbocycles. The molecule has 0 amide bonds. The van der Waals surface area contributed by atoms with Crippen molar-refractivity contribution in [2.45, 2.75) is 46.6 Å². The predicted molar refractivity (Wildman–Crippen MR) is 107 cm³/mol. The van der Waals surface area contributed by atoms with Gasteiger partial charge in [-0.05, 0) is 55.5 Å². The van der Waals surface area contributed by atoms with Crippen LogP contribution >= 0.6 is 0 Å². The fraction of sp³-hybridized carbons (Fsp3) is 0.318. The monoisotopic (exact) mass is 346 g/mol. The van der Waals surface area contributed by atoms with E-state index < -0.39 is 0 Å². The summed E-state index contributed by atoms with van der Waals surface area (Å²) < 4.78 is 0. The van der Waals surface area contributed by atoms with Crippen molar-refractivity contribution < 1.29 is 0 Å². The Morgan fingerprint density at radius 2 is 1.88 bits per heavy atom. The van der Waals surface area contributed by atoms with Crippen molar-refractivity contribution in [3.63, 3.8) is 0 Å². The minimum absolute atomic E-state index is 0.175. The molecule has 0 spiro atoms. The lowest BCUT2D eigenvalue weighted by Gasteiger charge is -2.19. The van der Waals surface area contributed by atoms with Gasteiger partial charge in [0, 0.05) is 29.7 Å². The molecular formula is C22H26N4. The Bertz CT molecular complexity index is 875. The van der Waals surface area contributed by atoms with Crippen LogP contribution in [0.3, 0.4) is 0 Å². The normalized spacial score (nSPS) is 12.0. The summed E-state index contributed by atoms with van der Waals surface area (Å²) in [4.78, 5) is 13.6. The molecule has 0 radical (unpaired) electrons. The zero-order chi connectivity index (χ0) is 18.5. The third-order valence-electron chi connectivity index (χ3n) is 4.77. The second-order valence-electron chi connectivity index (χ2n) is 6.61. The van der Waals surface area contributed by atoms with E-state index in [2.05, 4.69) is 60.3 Å². The molecule has 2 heterocycles. The second kappa shape index (κ2) is 8.09. The first-order valence-electron chi connectivity index (χ1n) is 9.22. The summed E-state index contributed by atoms with van der Waals surface area (Å²) in [6.45, 7) is 8.52. The minimum Gasteiger partial charge on any atom is -0.363 e. The lowest BCUT2D eigenvalue weighted by Crippen LogP contribution is -2.12. The average Bonchev–Trinajstić information content (AvgIpc) is 2.68. The first-order chi connectivity index (χ1) is 12.6. The number of hydrogen-bond acceptors (Lipinski definition) is 4. The van der Waals surface area contributed by atoms with E-state index in [1.807, 2.05) is 25.4 Å². The smallest absolute Gasteiger partial charge is 0.161 e. The van der Waals surface area contributed by atoms with Crippen molar-refractivity contribution in [3.8, 4) is 11.4 Å². The van der Waals surface area contributed by atoms with Gasteiger partial charge in [0.1, 0.15) is 5.82 Å². The highest BCUT2D eigenvalue weighted by molar-refractivity contribution is 5.60. The molecule has 4 nitrogen and oxygen atoms in total. The van der Waals surface area contributed by atoms with Crippen LogP contribution < -0.4 is 5.32 Å². The van der Waals surface area contributed by atoms with Gasteiger partial charge >= 0.3 is 0 Å². The molecule has 3 rings (SSSR count). The molecule has 134 valence electrons. The molecule has 1 unspecified atom stereocenters. The van der Waals surface area contributed by atoms with Crippen LogP contribution in [0.15, 0.2) is 48.9 Å². The summed E-state index contributed by atoms with van der Waals surface area (Å²) in [5.74, 6) is 1.64. The molecule has 4 heteroatoms. The number of pyridine rings is 1. The zero-order valence-corrected chi connectivity index (χ0v) is 16.0. The van der Waals surface area contributed by atoms with Crippen molar-refractivity contribution in [3.05, 3.63) is 71.2 Å². The maximum absolute atomic E-state index is 4.82. The first-order valence-corrected chi connectivity index (χ1v) is 9.22. The lowest BCUT2D eigenvalue weighted by atomic mass is 10.0. The number of hydrogen-bond donors (Lipinski definition) is 1. The van der Waals surface area contributed by atoms with Gasteiger partial charge in [0.15, 0.2) is 5.82 Å². The molecule has 0 aliphatic rings. The van der Waals surface area contributed by atoms with Crippen molar-refractivity contribution in [2.24, 2.45) is 0 Å². The van der Waals surface area contributed by atoms with Crippen LogP contribution in [0.2, 0.25) is 0 Å². The molecule has 0 bridgehead atoms. The number of aryl methyl sites for hydroxylation is 3. The van der Waals surface area contributed by atoms with Crippen LogP contribution in [0, 0.1) is 13.8 Å². The molecule has 0 aliphatic carbocycles. The minimum atomic E-state index is 0.175. The van der Waals surface area contributed by atoms with Gasteiger partial charge in [0.25, 0.3) is 0 Å². The SMILES string of the molecule is CCc1cc(-c2ncc(C)c(NC(CC)c3cccnc3)n2)ccc1C. The third kappa shape index (κ3) is 3.90. The van der Waals surface area contributed by atoms with Gasteiger partial charge < -0.3 is 5.32 Å². The van der Waals surface area contributed by atoms with Gasteiger partial charge in [-0.2, -0.15) is 0 Å². The standard InChI is InChI=1S/C22H26N4/c1-5-17-12-18(10-9-15(17)3)22-24-13-16(4)21(26-22)25-20(6-2)19-8-7-11-23-14-19/h7-14,20H,5-6H2,1-4H3,(H,24,25,26). The van der Waals surface area contributed by atoms with Gasteiger partial charge in [-0.15, -0.1) is 0 Å².